The number of likely N-dealkylation sites (N-methyl/N-ethyl adjacent to an activating group) is 1. The van der Waals surface area contributed by atoms with Gasteiger partial charge in [-0.05, 0) is 12.8 Å². The number of hydrogen-bond donors (Lipinski definition) is 0. The van der Waals surface area contributed by atoms with E-state index in [0.717, 1.165) is 32.1 Å². The Balaban J connectivity index is 4.03. The van der Waals surface area contributed by atoms with Crippen molar-refractivity contribution in [1.82, 2.24) is 0 Å². The molecule has 0 N–H and O–H groups in total. The number of rotatable bonds is 57. The van der Waals surface area contributed by atoms with Crippen LogP contribution >= 0.6 is 7.82 Å². The van der Waals surface area contributed by atoms with Gasteiger partial charge in [0.2, 0.25) is 0 Å². The van der Waals surface area contributed by atoms with E-state index in [-0.39, 0.29) is 32.0 Å². The Labute approximate surface area is 429 Å². The van der Waals surface area contributed by atoms with E-state index in [9.17, 15) is 19.0 Å². The van der Waals surface area contributed by atoms with Crippen molar-refractivity contribution >= 4 is 19.8 Å². The molecule has 9 nitrogen and oxygen atoms in total. The molecule has 2 atom stereocenters. The molecule has 0 fully saturated rings. The largest absolute Gasteiger partial charge is 0.756 e. The first-order valence-corrected chi connectivity index (χ1v) is 31.7. The first-order chi connectivity index (χ1) is 33.5. The monoisotopic (exact) mass is 1000 g/mol. The van der Waals surface area contributed by atoms with Crippen molar-refractivity contribution in [3.8, 4) is 0 Å². The Hall–Kier alpha value is -0.990. The van der Waals surface area contributed by atoms with Gasteiger partial charge in [-0.25, -0.2) is 0 Å². The zero-order valence-electron chi connectivity index (χ0n) is 46.8. The average Bonchev–Trinajstić information content (AvgIpc) is 3.31. The fourth-order valence-corrected chi connectivity index (χ4v) is 9.92. The summed E-state index contributed by atoms with van der Waals surface area (Å²) in [5, 5.41) is 0. The molecule has 0 aliphatic rings. The van der Waals surface area contributed by atoms with E-state index in [4.69, 9.17) is 18.5 Å². The SMILES string of the molecule is CCCCCCCCCCCCCCCCCCCCCCCCCCCCCCC(=O)OC(COC(=O)CCCCCCCCCCCCCCCCCCC)COP(=O)([O-])OCC[N+](C)(C)C. The van der Waals surface area contributed by atoms with E-state index in [1.807, 2.05) is 21.1 Å². The summed E-state index contributed by atoms with van der Waals surface area (Å²) in [4.78, 5) is 37.9. The highest BCUT2D eigenvalue weighted by molar-refractivity contribution is 7.45. The second-order valence-corrected chi connectivity index (χ2v) is 23.5. The lowest BCUT2D eigenvalue weighted by atomic mass is 10.0. The van der Waals surface area contributed by atoms with Crippen LogP contribution in [-0.2, 0) is 32.7 Å². The number of phosphoric acid groups is 1. The summed E-state index contributed by atoms with van der Waals surface area (Å²) in [6.45, 7) is 4.31. The summed E-state index contributed by atoms with van der Waals surface area (Å²) < 4.78 is 34.2. The predicted molar refractivity (Wildman–Crippen MR) is 292 cm³/mol. The molecule has 0 aliphatic heterocycles. The van der Waals surface area contributed by atoms with Crippen molar-refractivity contribution in [2.75, 3.05) is 47.5 Å². The molecular weight excluding hydrogens is 882 g/mol. The number of nitrogens with zero attached hydrogens (tertiary/aromatic N) is 1. The number of carbonyl (C=O) groups excluding carboxylic acids is 2. The van der Waals surface area contributed by atoms with Gasteiger partial charge >= 0.3 is 11.9 Å². The number of unbranched alkanes of at least 4 members (excludes halogenated alkanes) is 43. The van der Waals surface area contributed by atoms with Crippen LogP contribution in [0.2, 0.25) is 0 Å². The third-order valence-corrected chi connectivity index (χ3v) is 14.8. The fourth-order valence-electron chi connectivity index (χ4n) is 9.19. The maximum absolute atomic E-state index is 12.8. The molecular formula is C59H118NO8P. The van der Waals surface area contributed by atoms with Crippen LogP contribution in [-0.4, -0.2) is 70.0 Å². The average molecular weight is 1000 g/mol. The topological polar surface area (TPSA) is 111 Å². The smallest absolute Gasteiger partial charge is 0.306 e. The lowest BCUT2D eigenvalue weighted by Gasteiger charge is -2.28. The molecule has 0 spiro atoms. The van der Waals surface area contributed by atoms with Crippen LogP contribution in [0, 0.1) is 0 Å². The van der Waals surface area contributed by atoms with Gasteiger partial charge in [0, 0.05) is 12.8 Å². The number of quaternary nitrogens is 1. The number of carbonyl (C=O) groups is 2. The molecule has 0 radical (unpaired) electrons. The fraction of sp³-hybridized carbons (Fsp3) is 0.966. The Morgan fingerprint density at radius 1 is 0.391 bits per heavy atom. The molecule has 0 amide bonds. The maximum Gasteiger partial charge on any atom is 0.306 e. The van der Waals surface area contributed by atoms with Crippen LogP contribution in [0.5, 0.6) is 0 Å². The standard InChI is InChI=1S/C59H118NO8P/c1-6-8-10-12-14-16-18-20-22-24-25-26-27-28-29-30-31-32-33-34-36-38-40-42-44-46-48-50-52-59(62)68-57(56-67-69(63,64)66-54-53-60(3,4)5)55-65-58(61)51-49-47-45-43-41-39-37-35-23-21-19-17-15-13-11-9-7-2/h57H,6-56H2,1-5H3. The van der Waals surface area contributed by atoms with Gasteiger partial charge in [0.1, 0.15) is 19.8 Å². The molecule has 0 rings (SSSR count). The summed E-state index contributed by atoms with van der Waals surface area (Å²) in [6, 6.07) is 0. The van der Waals surface area contributed by atoms with Gasteiger partial charge < -0.3 is 27.9 Å². The van der Waals surface area contributed by atoms with Gasteiger partial charge in [-0.15, -0.1) is 0 Å². The lowest BCUT2D eigenvalue weighted by molar-refractivity contribution is -0.870. The second-order valence-electron chi connectivity index (χ2n) is 22.1. The highest BCUT2D eigenvalue weighted by Gasteiger charge is 2.22. The molecule has 0 bridgehead atoms. The summed E-state index contributed by atoms with van der Waals surface area (Å²) in [5.41, 5.74) is 0. The third kappa shape index (κ3) is 56.2. The van der Waals surface area contributed by atoms with Crippen LogP contribution in [0.3, 0.4) is 0 Å². The molecule has 0 aliphatic carbocycles. The van der Waals surface area contributed by atoms with E-state index >= 15 is 0 Å². The Morgan fingerprint density at radius 2 is 0.652 bits per heavy atom. The second kappa shape index (κ2) is 51.9. The Kier molecular flexibility index (Phi) is 51.1. The highest BCUT2D eigenvalue weighted by Crippen LogP contribution is 2.38. The molecule has 10 heteroatoms. The summed E-state index contributed by atoms with van der Waals surface area (Å²) in [6.07, 6.45) is 58.7. The molecule has 0 aromatic heterocycles. The van der Waals surface area contributed by atoms with Crippen molar-refractivity contribution in [3.05, 3.63) is 0 Å². The number of esters is 2. The normalized spacial score (nSPS) is 13.2. The van der Waals surface area contributed by atoms with Gasteiger partial charge in [-0.2, -0.15) is 0 Å². The van der Waals surface area contributed by atoms with Crippen LogP contribution in [0.1, 0.15) is 316 Å². The predicted octanol–water partition coefficient (Wildman–Crippen LogP) is 18.0. The number of ether oxygens (including phenoxy) is 2. The van der Waals surface area contributed by atoms with E-state index in [1.54, 1.807) is 0 Å². The van der Waals surface area contributed by atoms with Crippen molar-refractivity contribution in [2.45, 2.75) is 322 Å². The minimum atomic E-state index is -4.63. The van der Waals surface area contributed by atoms with Crippen molar-refractivity contribution < 1.29 is 42.1 Å². The number of phosphoric ester groups is 1. The van der Waals surface area contributed by atoms with Gasteiger partial charge in [-0.3, -0.25) is 14.2 Å². The molecule has 0 saturated heterocycles. The van der Waals surface area contributed by atoms with Crippen LogP contribution < -0.4 is 4.89 Å². The van der Waals surface area contributed by atoms with Gasteiger partial charge in [0.05, 0.1) is 27.7 Å². The Bertz CT molecular complexity index is 1130. The minimum absolute atomic E-state index is 0.0251. The van der Waals surface area contributed by atoms with Crippen molar-refractivity contribution in [1.29, 1.82) is 0 Å². The zero-order chi connectivity index (χ0) is 50.6. The molecule has 69 heavy (non-hydrogen) atoms. The van der Waals surface area contributed by atoms with Crippen molar-refractivity contribution in [3.63, 3.8) is 0 Å². The lowest BCUT2D eigenvalue weighted by Crippen LogP contribution is -2.37. The molecule has 0 saturated carbocycles. The van der Waals surface area contributed by atoms with E-state index in [2.05, 4.69) is 13.8 Å². The highest BCUT2D eigenvalue weighted by atomic mass is 31.2. The zero-order valence-corrected chi connectivity index (χ0v) is 47.7. The van der Waals surface area contributed by atoms with Crippen molar-refractivity contribution in [2.24, 2.45) is 0 Å². The minimum Gasteiger partial charge on any atom is -0.756 e. The molecule has 0 heterocycles. The summed E-state index contributed by atoms with van der Waals surface area (Å²) in [7, 11) is 1.19. The quantitative estimate of drug-likeness (QED) is 0.0256. The van der Waals surface area contributed by atoms with Crippen LogP contribution in [0.4, 0.5) is 0 Å². The molecule has 412 valence electrons. The van der Waals surface area contributed by atoms with Crippen LogP contribution in [0.25, 0.3) is 0 Å². The van der Waals surface area contributed by atoms with Gasteiger partial charge in [-0.1, -0.05) is 290 Å². The number of hydrogen-bond acceptors (Lipinski definition) is 8. The maximum atomic E-state index is 12.8. The first-order valence-electron chi connectivity index (χ1n) is 30.2. The third-order valence-electron chi connectivity index (χ3n) is 13.9. The van der Waals surface area contributed by atoms with E-state index in [0.29, 0.717) is 17.4 Å². The van der Waals surface area contributed by atoms with Gasteiger partial charge in [0.15, 0.2) is 6.10 Å². The summed E-state index contributed by atoms with van der Waals surface area (Å²) >= 11 is 0. The van der Waals surface area contributed by atoms with E-state index in [1.165, 1.54) is 250 Å². The molecule has 0 aromatic carbocycles. The molecule has 0 aromatic rings. The van der Waals surface area contributed by atoms with E-state index < -0.39 is 26.5 Å². The first kappa shape index (κ1) is 68.0. The molecule has 2 unspecified atom stereocenters. The Morgan fingerprint density at radius 3 is 0.928 bits per heavy atom. The summed E-state index contributed by atoms with van der Waals surface area (Å²) in [5.74, 6) is -0.809. The van der Waals surface area contributed by atoms with Crippen LogP contribution in [0.15, 0.2) is 0 Å². The van der Waals surface area contributed by atoms with Gasteiger partial charge in [0.25, 0.3) is 7.82 Å².